The molecule has 1 rings (SSSR count). The zero-order valence-corrected chi connectivity index (χ0v) is 14.9. The fraction of sp³-hybridized carbons (Fsp3) is 0.750. The van der Waals surface area contributed by atoms with E-state index in [0.29, 0.717) is 6.61 Å². The molecule has 0 amide bonds. The molecular formula is C20H34O2. The van der Waals surface area contributed by atoms with Crippen LogP contribution in [-0.2, 0) is 9.53 Å². The topological polar surface area (TPSA) is 26.3 Å². The summed E-state index contributed by atoms with van der Waals surface area (Å²) in [5.74, 6) is 2.37. The molecule has 126 valence electrons. The SMILES string of the molecule is CCOC(=O)C=C(C)C=CCC(C)CCC1CCCC(C)C1. The lowest BCUT2D eigenvalue weighted by atomic mass is 9.79. The molecule has 0 N–H and O–H groups in total. The van der Waals surface area contributed by atoms with Crippen molar-refractivity contribution in [1.82, 2.24) is 0 Å². The summed E-state index contributed by atoms with van der Waals surface area (Å²) in [6, 6.07) is 0. The molecule has 0 aromatic heterocycles. The highest BCUT2D eigenvalue weighted by Crippen LogP contribution is 2.32. The summed E-state index contributed by atoms with van der Waals surface area (Å²) >= 11 is 0. The van der Waals surface area contributed by atoms with Crippen molar-refractivity contribution in [3.8, 4) is 0 Å². The smallest absolute Gasteiger partial charge is 0.330 e. The van der Waals surface area contributed by atoms with Crippen LogP contribution in [0.2, 0.25) is 0 Å². The van der Waals surface area contributed by atoms with Crippen molar-refractivity contribution in [3.63, 3.8) is 0 Å². The first-order valence-electron chi connectivity index (χ1n) is 9.02. The van der Waals surface area contributed by atoms with E-state index in [1.165, 1.54) is 38.5 Å². The fourth-order valence-electron chi connectivity index (χ4n) is 3.36. The number of carbonyl (C=O) groups is 1. The van der Waals surface area contributed by atoms with Crippen molar-refractivity contribution in [1.29, 1.82) is 0 Å². The van der Waals surface area contributed by atoms with Gasteiger partial charge in [0.1, 0.15) is 0 Å². The maximum Gasteiger partial charge on any atom is 0.330 e. The second-order valence-electron chi connectivity index (χ2n) is 7.10. The Labute approximate surface area is 137 Å². The van der Waals surface area contributed by atoms with E-state index in [2.05, 4.69) is 19.9 Å². The molecule has 2 heteroatoms. The average Bonchev–Trinajstić information content (AvgIpc) is 2.45. The molecule has 0 aromatic rings. The van der Waals surface area contributed by atoms with Gasteiger partial charge in [0.15, 0.2) is 0 Å². The predicted molar refractivity (Wildman–Crippen MR) is 93.7 cm³/mol. The Hall–Kier alpha value is -1.05. The van der Waals surface area contributed by atoms with E-state index >= 15 is 0 Å². The summed E-state index contributed by atoms with van der Waals surface area (Å²) in [6.45, 7) is 8.94. The van der Waals surface area contributed by atoms with E-state index in [4.69, 9.17) is 4.74 Å². The zero-order valence-electron chi connectivity index (χ0n) is 14.9. The molecule has 0 aliphatic heterocycles. The Morgan fingerprint density at radius 3 is 2.82 bits per heavy atom. The van der Waals surface area contributed by atoms with E-state index < -0.39 is 0 Å². The summed E-state index contributed by atoms with van der Waals surface area (Å²) in [6.07, 6.45) is 15.3. The maximum absolute atomic E-state index is 11.3. The van der Waals surface area contributed by atoms with Gasteiger partial charge in [-0.1, -0.05) is 58.1 Å². The third-order valence-electron chi connectivity index (χ3n) is 4.66. The molecule has 22 heavy (non-hydrogen) atoms. The largest absolute Gasteiger partial charge is 0.463 e. The standard InChI is InChI=1S/C20H34O2/c1-5-22-20(21)15-18(4)9-6-8-16(2)12-13-19-11-7-10-17(3)14-19/h6,9,15-17,19H,5,7-8,10-14H2,1-4H3. The lowest BCUT2D eigenvalue weighted by molar-refractivity contribution is -0.137. The number of rotatable bonds is 8. The highest BCUT2D eigenvalue weighted by Gasteiger charge is 2.18. The first-order chi connectivity index (χ1) is 10.5. The van der Waals surface area contributed by atoms with Crippen LogP contribution in [0.1, 0.15) is 72.6 Å². The predicted octanol–water partition coefficient (Wildman–Crippen LogP) is 5.68. The Bertz CT molecular complexity index is 381. The molecule has 1 aliphatic carbocycles. The van der Waals surface area contributed by atoms with Crippen LogP contribution in [0.5, 0.6) is 0 Å². The molecular weight excluding hydrogens is 272 g/mol. The molecule has 1 fully saturated rings. The van der Waals surface area contributed by atoms with Gasteiger partial charge >= 0.3 is 5.97 Å². The van der Waals surface area contributed by atoms with Crippen molar-refractivity contribution in [2.45, 2.75) is 72.6 Å². The molecule has 0 bridgehead atoms. The third kappa shape index (κ3) is 8.41. The zero-order chi connectivity index (χ0) is 16.4. The lowest BCUT2D eigenvalue weighted by Crippen LogP contribution is -2.14. The van der Waals surface area contributed by atoms with Gasteiger partial charge in [-0.05, 0) is 50.0 Å². The van der Waals surface area contributed by atoms with Crippen LogP contribution < -0.4 is 0 Å². The highest BCUT2D eigenvalue weighted by atomic mass is 16.5. The Morgan fingerprint density at radius 2 is 2.14 bits per heavy atom. The van der Waals surface area contributed by atoms with Gasteiger partial charge in [-0.15, -0.1) is 0 Å². The van der Waals surface area contributed by atoms with Crippen LogP contribution in [0.15, 0.2) is 23.8 Å². The van der Waals surface area contributed by atoms with E-state index in [0.717, 1.165) is 29.7 Å². The van der Waals surface area contributed by atoms with Crippen molar-refractivity contribution >= 4 is 5.97 Å². The molecule has 0 aromatic carbocycles. The quantitative estimate of drug-likeness (QED) is 0.327. The van der Waals surface area contributed by atoms with Crippen molar-refractivity contribution in [3.05, 3.63) is 23.8 Å². The van der Waals surface area contributed by atoms with Crippen molar-refractivity contribution in [2.24, 2.45) is 17.8 Å². The van der Waals surface area contributed by atoms with Gasteiger partial charge in [-0.2, -0.15) is 0 Å². The normalized spacial score (nSPS) is 24.5. The molecule has 0 saturated heterocycles. The van der Waals surface area contributed by atoms with Gasteiger partial charge in [-0.3, -0.25) is 0 Å². The fourth-order valence-corrected chi connectivity index (χ4v) is 3.36. The van der Waals surface area contributed by atoms with E-state index in [9.17, 15) is 4.79 Å². The summed E-state index contributed by atoms with van der Waals surface area (Å²) in [7, 11) is 0. The monoisotopic (exact) mass is 306 g/mol. The molecule has 0 spiro atoms. The summed E-state index contributed by atoms with van der Waals surface area (Å²) < 4.78 is 4.91. The number of hydrogen-bond donors (Lipinski definition) is 0. The highest BCUT2D eigenvalue weighted by molar-refractivity contribution is 5.83. The lowest BCUT2D eigenvalue weighted by Gasteiger charge is -2.27. The number of esters is 1. The number of ether oxygens (including phenoxy) is 1. The molecule has 1 aliphatic rings. The average molecular weight is 306 g/mol. The minimum Gasteiger partial charge on any atom is -0.463 e. The van der Waals surface area contributed by atoms with Crippen LogP contribution in [0, 0.1) is 17.8 Å². The number of carbonyl (C=O) groups excluding carboxylic acids is 1. The van der Waals surface area contributed by atoms with Crippen molar-refractivity contribution < 1.29 is 9.53 Å². The van der Waals surface area contributed by atoms with Crippen LogP contribution in [-0.4, -0.2) is 12.6 Å². The van der Waals surface area contributed by atoms with Gasteiger partial charge in [0.25, 0.3) is 0 Å². The molecule has 3 unspecified atom stereocenters. The maximum atomic E-state index is 11.3. The van der Waals surface area contributed by atoms with Crippen LogP contribution in [0.3, 0.4) is 0 Å². The molecule has 2 nitrogen and oxygen atoms in total. The summed E-state index contributed by atoms with van der Waals surface area (Å²) in [4.78, 5) is 11.3. The molecule has 3 atom stereocenters. The van der Waals surface area contributed by atoms with Crippen LogP contribution in [0.4, 0.5) is 0 Å². The van der Waals surface area contributed by atoms with Gasteiger partial charge in [0.05, 0.1) is 6.61 Å². The minimum atomic E-state index is -0.246. The van der Waals surface area contributed by atoms with E-state index in [1.54, 1.807) is 6.08 Å². The van der Waals surface area contributed by atoms with E-state index in [1.807, 2.05) is 19.9 Å². The third-order valence-corrected chi connectivity index (χ3v) is 4.66. The molecule has 1 saturated carbocycles. The first-order valence-corrected chi connectivity index (χ1v) is 9.02. The van der Waals surface area contributed by atoms with Gasteiger partial charge in [0.2, 0.25) is 0 Å². The van der Waals surface area contributed by atoms with Gasteiger partial charge in [-0.25, -0.2) is 4.79 Å². The first kappa shape index (κ1) is 19.0. The van der Waals surface area contributed by atoms with Gasteiger partial charge in [0, 0.05) is 6.08 Å². The number of hydrogen-bond acceptors (Lipinski definition) is 2. The van der Waals surface area contributed by atoms with Crippen LogP contribution >= 0.6 is 0 Å². The minimum absolute atomic E-state index is 0.246. The second-order valence-corrected chi connectivity index (χ2v) is 7.10. The Kier molecular flexibility index (Phi) is 9.19. The summed E-state index contributed by atoms with van der Waals surface area (Å²) in [5.41, 5.74) is 0.965. The second kappa shape index (κ2) is 10.6. The summed E-state index contributed by atoms with van der Waals surface area (Å²) in [5, 5.41) is 0. The van der Waals surface area contributed by atoms with E-state index in [-0.39, 0.29) is 5.97 Å². The molecule has 0 heterocycles. The Balaban J connectivity index is 2.23. The van der Waals surface area contributed by atoms with Gasteiger partial charge < -0.3 is 4.74 Å². The molecule has 0 radical (unpaired) electrons. The van der Waals surface area contributed by atoms with Crippen LogP contribution in [0.25, 0.3) is 0 Å². The number of allylic oxidation sites excluding steroid dienone is 3. The Morgan fingerprint density at radius 1 is 1.36 bits per heavy atom. The van der Waals surface area contributed by atoms with Crippen molar-refractivity contribution in [2.75, 3.05) is 6.61 Å².